The number of benzene rings is 2. The number of nitrogens with two attached hydrogens (primary N) is 1. The molecular formula is C18H22N2O4. The average Bonchev–Trinajstić information content (AvgIpc) is 2.58. The van der Waals surface area contributed by atoms with Crippen LogP contribution in [-0.4, -0.2) is 38.2 Å². The number of quaternary nitrogens is 1. The van der Waals surface area contributed by atoms with Gasteiger partial charge in [-0.25, -0.2) is 0 Å². The highest BCUT2D eigenvalue weighted by Gasteiger charge is 2.18. The number of ether oxygens (including phenoxy) is 1. The Morgan fingerprint density at radius 3 is 2.71 bits per heavy atom. The Balaban J connectivity index is 1.98. The molecule has 0 aromatic heterocycles. The number of fused-ring (bicyclic) bond motifs is 1. The number of hydrogen-bond donors (Lipinski definition) is 2. The Morgan fingerprint density at radius 2 is 1.96 bits per heavy atom. The summed E-state index contributed by atoms with van der Waals surface area (Å²) in [7, 11) is 1.59. The monoisotopic (exact) mass is 330 g/mol. The summed E-state index contributed by atoms with van der Waals surface area (Å²) in [5.74, 6) is -1.58. The number of amides is 1. The van der Waals surface area contributed by atoms with Gasteiger partial charge >= 0.3 is 0 Å². The predicted octanol–water partition coefficient (Wildman–Crippen LogP) is -0.113. The molecule has 24 heavy (non-hydrogen) atoms. The average molecular weight is 330 g/mol. The van der Waals surface area contributed by atoms with Crippen molar-refractivity contribution in [3.05, 3.63) is 42.5 Å². The van der Waals surface area contributed by atoms with E-state index in [0.717, 1.165) is 10.8 Å². The molecule has 0 saturated heterocycles. The number of methoxy groups -OCH3 is 1. The van der Waals surface area contributed by atoms with Crippen LogP contribution in [0.15, 0.2) is 42.5 Å². The first-order valence-corrected chi connectivity index (χ1v) is 7.92. The third-order valence-corrected chi connectivity index (χ3v) is 3.78. The molecule has 0 aliphatic rings. The van der Waals surface area contributed by atoms with Gasteiger partial charge in [0.15, 0.2) is 0 Å². The van der Waals surface area contributed by atoms with Gasteiger partial charge in [-0.3, -0.25) is 4.79 Å². The molecule has 0 radical (unpaired) electrons. The summed E-state index contributed by atoms with van der Waals surface area (Å²) in [6.07, 6.45) is 0.573. The molecule has 2 rings (SSSR count). The number of carboxylic acid groups (broad SMARTS) is 1. The number of nitrogens with one attached hydrogen (secondary N) is 1. The molecule has 0 saturated carbocycles. The van der Waals surface area contributed by atoms with Crippen LogP contribution in [0.2, 0.25) is 0 Å². The number of hydrogen-bond acceptors (Lipinski definition) is 4. The molecule has 128 valence electrons. The Labute approximate surface area is 140 Å². The van der Waals surface area contributed by atoms with Crippen molar-refractivity contribution in [2.75, 3.05) is 25.6 Å². The van der Waals surface area contributed by atoms with Crippen molar-refractivity contribution in [3.8, 4) is 0 Å². The van der Waals surface area contributed by atoms with E-state index >= 15 is 0 Å². The maximum absolute atomic E-state index is 12.2. The van der Waals surface area contributed by atoms with Crippen molar-refractivity contribution < 1.29 is 24.7 Å². The molecule has 6 nitrogen and oxygen atoms in total. The van der Waals surface area contributed by atoms with Gasteiger partial charge in [0.1, 0.15) is 6.04 Å². The van der Waals surface area contributed by atoms with Crippen LogP contribution in [0.1, 0.15) is 12.8 Å². The predicted molar refractivity (Wildman–Crippen MR) is 89.3 cm³/mol. The Morgan fingerprint density at radius 1 is 1.21 bits per heavy atom. The molecule has 0 heterocycles. The van der Waals surface area contributed by atoms with Gasteiger partial charge in [-0.05, 0) is 11.5 Å². The Kier molecular flexibility index (Phi) is 6.72. The molecule has 0 unspecified atom stereocenters. The molecule has 1 atom stereocenters. The van der Waals surface area contributed by atoms with Crippen molar-refractivity contribution in [2.24, 2.45) is 0 Å². The van der Waals surface area contributed by atoms with Crippen molar-refractivity contribution in [1.82, 2.24) is 0 Å². The van der Waals surface area contributed by atoms with Crippen molar-refractivity contribution in [2.45, 2.75) is 18.9 Å². The SMILES string of the molecule is COCCC[NH2+][C@@H](CC(=O)Nc1cccc2ccccc12)C(=O)[O-]. The van der Waals surface area contributed by atoms with Gasteiger partial charge in [-0.15, -0.1) is 0 Å². The third-order valence-electron chi connectivity index (χ3n) is 3.78. The highest BCUT2D eigenvalue weighted by Crippen LogP contribution is 2.22. The highest BCUT2D eigenvalue weighted by molar-refractivity contribution is 6.02. The minimum atomic E-state index is -1.24. The van der Waals surface area contributed by atoms with E-state index in [1.54, 1.807) is 18.5 Å². The number of aliphatic carboxylic acids is 1. The number of carboxylic acids is 1. The Hall–Kier alpha value is -2.44. The summed E-state index contributed by atoms with van der Waals surface area (Å²) in [5, 5.41) is 17.5. The van der Waals surface area contributed by atoms with Gasteiger partial charge in [0.2, 0.25) is 5.91 Å². The molecule has 0 spiro atoms. The van der Waals surface area contributed by atoms with Gasteiger partial charge < -0.3 is 25.3 Å². The highest BCUT2D eigenvalue weighted by atomic mass is 16.5. The maximum atomic E-state index is 12.2. The molecule has 2 aromatic rings. The van der Waals surface area contributed by atoms with Gasteiger partial charge in [-0.1, -0.05) is 36.4 Å². The molecule has 0 fully saturated rings. The number of carbonyl (C=O) groups excluding carboxylic acids is 2. The van der Waals surface area contributed by atoms with Crippen molar-refractivity contribution in [3.63, 3.8) is 0 Å². The smallest absolute Gasteiger partial charge is 0.230 e. The second kappa shape index (κ2) is 9.00. The lowest BCUT2D eigenvalue weighted by Crippen LogP contribution is -2.93. The van der Waals surface area contributed by atoms with Gasteiger partial charge in [0, 0.05) is 24.6 Å². The molecule has 1 amide bonds. The molecule has 6 heteroatoms. The van der Waals surface area contributed by atoms with Gasteiger partial charge in [0.25, 0.3) is 0 Å². The van der Waals surface area contributed by atoms with Crippen molar-refractivity contribution >= 4 is 28.3 Å². The van der Waals surface area contributed by atoms with E-state index in [-0.39, 0.29) is 12.3 Å². The lowest BCUT2D eigenvalue weighted by atomic mass is 10.1. The molecule has 0 aliphatic heterocycles. The summed E-state index contributed by atoms with van der Waals surface area (Å²) in [6.45, 7) is 1.12. The van der Waals surface area contributed by atoms with Crippen LogP contribution in [0.25, 0.3) is 10.8 Å². The fraction of sp³-hybridized carbons (Fsp3) is 0.333. The minimum Gasteiger partial charge on any atom is -0.544 e. The zero-order valence-electron chi connectivity index (χ0n) is 13.7. The minimum absolute atomic E-state index is 0.140. The van der Waals surface area contributed by atoms with Crippen LogP contribution in [0, 0.1) is 0 Å². The lowest BCUT2D eigenvalue weighted by Gasteiger charge is -2.16. The summed E-state index contributed by atoms with van der Waals surface area (Å²) in [4.78, 5) is 23.4. The van der Waals surface area contributed by atoms with E-state index in [4.69, 9.17) is 4.74 Å². The molecule has 0 aliphatic carbocycles. The van der Waals surface area contributed by atoms with E-state index in [0.29, 0.717) is 25.3 Å². The van der Waals surface area contributed by atoms with E-state index in [1.807, 2.05) is 36.4 Å². The summed E-state index contributed by atoms with van der Waals surface area (Å²) >= 11 is 0. The van der Waals surface area contributed by atoms with Crippen LogP contribution in [0.4, 0.5) is 5.69 Å². The van der Waals surface area contributed by atoms with Gasteiger partial charge in [0.05, 0.1) is 25.5 Å². The first-order chi connectivity index (χ1) is 11.6. The summed E-state index contributed by atoms with van der Waals surface area (Å²) in [6, 6.07) is 12.4. The topological polar surface area (TPSA) is 95.1 Å². The van der Waals surface area contributed by atoms with E-state index in [2.05, 4.69) is 5.32 Å². The number of carbonyl (C=O) groups is 2. The normalized spacial score (nSPS) is 12.0. The fourth-order valence-corrected chi connectivity index (χ4v) is 2.54. The largest absolute Gasteiger partial charge is 0.544 e. The molecule has 3 N–H and O–H groups in total. The number of rotatable bonds is 9. The summed E-state index contributed by atoms with van der Waals surface area (Å²) in [5.41, 5.74) is 0.676. The van der Waals surface area contributed by atoms with Crippen molar-refractivity contribution in [1.29, 1.82) is 0 Å². The van der Waals surface area contributed by atoms with Crippen LogP contribution in [0.5, 0.6) is 0 Å². The zero-order chi connectivity index (χ0) is 17.4. The van der Waals surface area contributed by atoms with Gasteiger partial charge in [-0.2, -0.15) is 0 Å². The van der Waals surface area contributed by atoms with E-state index < -0.39 is 12.0 Å². The first kappa shape index (κ1) is 17.9. The second-order valence-electron chi connectivity index (χ2n) is 5.58. The quantitative estimate of drug-likeness (QED) is 0.627. The third kappa shape index (κ3) is 5.04. The fourth-order valence-electron chi connectivity index (χ4n) is 2.54. The molecule has 0 bridgehead atoms. The summed E-state index contributed by atoms with van der Waals surface area (Å²) < 4.78 is 4.92. The zero-order valence-corrected chi connectivity index (χ0v) is 13.7. The molecular weight excluding hydrogens is 308 g/mol. The van der Waals surface area contributed by atoms with E-state index in [1.165, 1.54) is 0 Å². The molecule has 2 aromatic carbocycles. The van der Waals surface area contributed by atoms with Crippen LogP contribution in [-0.2, 0) is 14.3 Å². The van der Waals surface area contributed by atoms with Crippen LogP contribution in [0.3, 0.4) is 0 Å². The Bertz CT molecular complexity index is 697. The lowest BCUT2D eigenvalue weighted by molar-refractivity contribution is -0.682. The number of anilines is 1. The van der Waals surface area contributed by atoms with Crippen LogP contribution < -0.4 is 15.7 Å². The van der Waals surface area contributed by atoms with Crippen LogP contribution >= 0.6 is 0 Å². The standard InChI is InChI=1S/C18H22N2O4/c1-24-11-5-10-19-16(18(22)23)12-17(21)20-15-9-4-7-13-6-2-3-8-14(13)15/h2-4,6-9,16,19H,5,10-12H2,1H3,(H,20,21)(H,22,23)/t16-/m0/s1. The second-order valence-corrected chi connectivity index (χ2v) is 5.58. The first-order valence-electron chi connectivity index (χ1n) is 7.92. The maximum Gasteiger partial charge on any atom is 0.230 e. The van der Waals surface area contributed by atoms with E-state index in [9.17, 15) is 14.7 Å².